The Morgan fingerprint density at radius 1 is 0.150 bits per heavy atom. The molecule has 0 bridgehead atoms. The lowest BCUT2D eigenvalue weighted by molar-refractivity contribution is 1.18. The standard InChI is InChI=1S/C46H29N.C41H25N3.C40H24N2/c1-3-12-30(13-4-1)35-17-7-8-18-36(35)32-22-25-34(26-23-32)47-41-28-24-33-16-11-21-39-38-19-9-10-20-40(38)44-37(31-14-5-2-6-15-31)27-29-42(47)46(44)45(41)43(33)39;1-2-10-26(11-3-1)33-15-9-16-34(42-33)27-20-22-28(23-21-27)43-37-19-8-14-31-29-12-4-6-17-35(29)44-36-18-7-5-13-30(36)32-24-25-38(43)40(39(31)37)41(32)44;1-2-11-25(12-3-1)26-21-23-35(28-14-5-4-13-27(26)28)41-36-20-10-17-31-29-15-6-8-18-33(29)42-34-19-9-7-16-30(34)32-22-24-37(41)39(38(31)36)40(32)42/h1-29H;1-25H;1-24H. The van der Waals surface area contributed by atoms with E-state index in [2.05, 4.69) is 490 Å². The first-order valence-corrected chi connectivity index (χ1v) is 45.9. The maximum Gasteiger partial charge on any atom is 0.0709 e. The number of benzene rings is 21. The molecule has 30 rings (SSSR count). The highest BCUT2D eigenvalue weighted by molar-refractivity contribution is 6.36. The van der Waals surface area contributed by atoms with Crippen molar-refractivity contribution < 1.29 is 0 Å². The molecule has 1 aliphatic rings. The lowest BCUT2D eigenvalue weighted by Crippen LogP contribution is -1.96. The Bertz CT molecular complexity index is 9800. The average molecular weight is 1690 g/mol. The van der Waals surface area contributed by atoms with Gasteiger partial charge in [0.15, 0.2) is 0 Å². The maximum absolute atomic E-state index is 5.00. The van der Waals surface area contributed by atoms with Crippen molar-refractivity contribution in [2.75, 3.05) is 0 Å². The van der Waals surface area contributed by atoms with Crippen LogP contribution in [0.3, 0.4) is 0 Å². The molecule has 21 aromatic carbocycles. The summed E-state index contributed by atoms with van der Waals surface area (Å²) in [7, 11) is 0. The lowest BCUT2D eigenvalue weighted by Gasteiger charge is -2.17. The van der Waals surface area contributed by atoms with Crippen molar-refractivity contribution in [2.45, 2.75) is 0 Å². The van der Waals surface area contributed by atoms with Crippen LogP contribution in [0.25, 0.3) is 269 Å². The summed E-state index contributed by atoms with van der Waals surface area (Å²) in [6.07, 6.45) is 0. The second-order valence-corrected chi connectivity index (χ2v) is 35.3. The van der Waals surface area contributed by atoms with Crippen LogP contribution in [-0.4, -0.2) is 27.5 Å². The molecule has 133 heavy (non-hydrogen) atoms. The van der Waals surface area contributed by atoms with Crippen molar-refractivity contribution in [3.8, 4) is 106 Å². The third-order valence-electron chi connectivity index (χ3n) is 28.5. The summed E-state index contributed by atoms with van der Waals surface area (Å²) in [5, 5.41) is 23.3. The summed E-state index contributed by atoms with van der Waals surface area (Å²) in [5.41, 5.74) is 37.7. The van der Waals surface area contributed by atoms with Gasteiger partial charge in [-0.25, -0.2) is 4.98 Å². The fourth-order valence-corrected chi connectivity index (χ4v) is 22.9. The summed E-state index contributed by atoms with van der Waals surface area (Å²) in [4.78, 5) is 5.00. The third kappa shape index (κ3) is 11.1. The molecular weight excluding hydrogens is 1610 g/mol. The van der Waals surface area contributed by atoms with Gasteiger partial charge >= 0.3 is 0 Å². The molecule has 8 aromatic heterocycles. The van der Waals surface area contributed by atoms with Crippen LogP contribution in [0.2, 0.25) is 0 Å². The Balaban J connectivity index is 0.0000000997. The normalized spacial score (nSPS) is 12.1. The van der Waals surface area contributed by atoms with E-state index in [1.165, 1.54) is 236 Å². The van der Waals surface area contributed by atoms with Crippen LogP contribution in [-0.2, 0) is 0 Å². The minimum Gasteiger partial charge on any atom is -0.309 e. The van der Waals surface area contributed by atoms with Crippen LogP contribution in [0.5, 0.6) is 0 Å². The fraction of sp³-hybridized carbons (Fsp3) is 0. The van der Waals surface area contributed by atoms with Crippen molar-refractivity contribution in [2.24, 2.45) is 0 Å². The molecular formula is C127H78N6. The zero-order valence-corrected chi connectivity index (χ0v) is 72.2. The van der Waals surface area contributed by atoms with Crippen LogP contribution in [0.1, 0.15) is 0 Å². The van der Waals surface area contributed by atoms with E-state index in [1.807, 2.05) is 6.07 Å². The Hall–Kier alpha value is -17.7. The topological polar surface area (TPSA) is 36.5 Å². The van der Waals surface area contributed by atoms with Crippen molar-refractivity contribution in [3.05, 3.63) is 473 Å². The zero-order chi connectivity index (χ0) is 87.0. The van der Waals surface area contributed by atoms with E-state index >= 15 is 0 Å². The van der Waals surface area contributed by atoms with Gasteiger partial charge in [0, 0.05) is 98.1 Å². The average Bonchev–Trinajstić information content (AvgIpc) is 1.52. The van der Waals surface area contributed by atoms with Gasteiger partial charge in [-0.1, -0.05) is 370 Å². The van der Waals surface area contributed by atoms with Gasteiger partial charge in [-0.15, -0.1) is 0 Å². The number of pyridine rings is 1. The van der Waals surface area contributed by atoms with Crippen LogP contribution in [0.15, 0.2) is 473 Å². The number of rotatable bonds is 9. The molecule has 0 amide bonds. The van der Waals surface area contributed by atoms with Crippen LogP contribution < -0.4 is 0 Å². The summed E-state index contributed by atoms with van der Waals surface area (Å²) < 4.78 is 12.4. The van der Waals surface area contributed by atoms with E-state index in [9.17, 15) is 0 Å². The third-order valence-corrected chi connectivity index (χ3v) is 28.5. The van der Waals surface area contributed by atoms with Gasteiger partial charge in [0.2, 0.25) is 0 Å². The summed E-state index contributed by atoms with van der Waals surface area (Å²) in [6, 6.07) is 172. The summed E-state index contributed by atoms with van der Waals surface area (Å²) in [5.74, 6) is 0. The number of hydrogen-bond acceptors (Lipinski definition) is 1. The van der Waals surface area contributed by atoms with Gasteiger partial charge in [-0.2, -0.15) is 0 Å². The number of para-hydroxylation sites is 4. The van der Waals surface area contributed by atoms with E-state index in [4.69, 9.17) is 4.98 Å². The second-order valence-electron chi connectivity index (χ2n) is 35.3. The molecule has 0 saturated heterocycles. The largest absolute Gasteiger partial charge is 0.309 e. The predicted molar refractivity (Wildman–Crippen MR) is 562 cm³/mol. The molecule has 6 nitrogen and oxygen atoms in total. The molecule has 616 valence electrons. The number of aromatic nitrogens is 6. The smallest absolute Gasteiger partial charge is 0.0709 e. The van der Waals surface area contributed by atoms with Crippen LogP contribution in [0.4, 0.5) is 0 Å². The molecule has 0 N–H and O–H groups in total. The summed E-state index contributed by atoms with van der Waals surface area (Å²) >= 11 is 0. The van der Waals surface area contributed by atoms with Gasteiger partial charge < -0.3 is 22.5 Å². The molecule has 0 aliphatic heterocycles. The van der Waals surface area contributed by atoms with Crippen LogP contribution in [0, 0.1) is 0 Å². The minimum absolute atomic E-state index is 0.972. The Morgan fingerprint density at radius 2 is 0.496 bits per heavy atom. The lowest BCUT2D eigenvalue weighted by atomic mass is 9.88. The van der Waals surface area contributed by atoms with Crippen molar-refractivity contribution in [3.63, 3.8) is 0 Å². The van der Waals surface area contributed by atoms with E-state index in [0.29, 0.717) is 0 Å². The predicted octanol–water partition coefficient (Wildman–Crippen LogP) is 34.0. The molecule has 0 saturated carbocycles. The Morgan fingerprint density at radius 3 is 1.05 bits per heavy atom. The highest BCUT2D eigenvalue weighted by Crippen LogP contribution is 2.55. The van der Waals surface area contributed by atoms with E-state index in [0.717, 1.165) is 33.9 Å². The van der Waals surface area contributed by atoms with E-state index in [-0.39, 0.29) is 0 Å². The zero-order valence-electron chi connectivity index (χ0n) is 72.2. The number of nitrogens with zero attached hydrogens (tertiary/aromatic N) is 6. The molecule has 1 aliphatic carbocycles. The van der Waals surface area contributed by atoms with Crippen LogP contribution >= 0.6 is 0 Å². The fourth-order valence-electron chi connectivity index (χ4n) is 22.9. The highest BCUT2D eigenvalue weighted by atomic mass is 15.0. The molecule has 29 aromatic rings. The Kier molecular flexibility index (Phi) is 16.5. The first-order valence-electron chi connectivity index (χ1n) is 45.9. The molecule has 0 unspecified atom stereocenters. The number of fused-ring (bicyclic) bond motifs is 16. The van der Waals surface area contributed by atoms with Crippen molar-refractivity contribution in [1.29, 1.82) is 0 Å². The molecule has 8 heterocycles. The van der Waals surface area contributed by atoms with Gasteiger partial charge in [0.05, 0.1) is 83.3 Å². The number of hydrogen-bond donors (Lipinski definition) is 0. The Labute approximate surface area is 764 Å². The highest BCUT2D eigenvalue weighted by Gasteiger charge is 2.31. The van der Waals surface area contributed by atoms with Gasteiger partial charge in [0.25, 0.3) is 0 Å². The SMILES string of the molecule is c1ccc(-c2ccc(-n3c4cccc5c6ccccc6n6c7ccccc7c7ccc3c(c54)c76)c3ccccc23)cc1.c1ccc(-c2cccc(-c3ccc(-n4c5cccc6c7ccccc7n7c8ccccc8c8ccc4c(c65)c87)cc3)n2)cc1.c1ccc(-c2ccccc2-c2ccc(-n3c4ccc(-c5ccccc5)c5c4c4c6c(cccc6ccc43)-c3ccccc3-5)cc2)cc1. The molecule has 0 radical (unpaired) electrons. The summed E-state index contributed by atoms with van der Waals surface area (Å²) in [6.45, 7) is 0. The second kappa shape index (κ2) is 29.4. The van der Waals surface area contributed by atoms with Gasteiger partial charge in [-0.05, 0) is 191 Å². The van der Waals surface area contributed by atoms with Crippen molar-refractivity contribution in [1.82, 2.24) is 27.5 Å². The first kappa shape index (κ1) is 74.4. The molecule has 0 spiro atoms. The molecule has 6 heteroatoms. The maximum atomic E-state index is 5.00. The quantitative estimate of drug-likeness (QED) is 0.142. The molecule has 0 atom stereocenters. The van der Waals surface area contributed by atoms with Gasteiger partial charge in [0.1, 0.15) is 0 Å². The minimum atomic E-state index is 0.972. The van der Waals surface area contributed by atoms with Gasteiger partial charge in [-0.3, -0.25) is 0 Å². The van der Waals surface area contributed by atoms with E-state index in [1.54, 1.807) is 0 Å². The molecule has 0 fully saturated rings. The van der Waals surface area contributed by atoms with E-state index < -0.39 is 0 Å². The monoisotopic (exact) mass is 1690 g/mol. The first-order chi connectivity index (χ1) is 66.1. The van der Waals surface area contributed by atoms with Crippen molar-refractivity contribution >= 4 is 163 Å².